The van der Waals surface area contributed by atoms with Gasteiger partial charge < -0.3 is 10.2 Å². The van der Waals surface area contributed by atoms with Crippen LogP contribution in [-0.4, -0.2) is 52.5 Å². The zero-order chi connectivity index (χ0) is 17.1. The van der Waals surface area contributed by atoms with Crippen molar-refractivity contribution in [3.63, 3.8) is 0 Å². The Morgan fingerprint density at radius 2 is 1.84 bits per heavy atom. The highest BCUT2D eigenvalue weighted by atomic mass is 32.2. The molecule has 4 nitrogen and oxygen atoms in total. The molecule has 0 unspecified atom stereocenters. The Morgan fingerprint density at radius 1 is 1.08 bits per heavy atom. The molecule has 1 amide bonds. The van der Waals surface area contributed by atoms with Crippen molar-refractivity contribution in [2.45, 2.75) is 37.8 Å². The summed E-state index contributed by atoms with van der Waals surface area (Å²) < 4.78 is 0. The number of fused-ring (bicyclic) bond motifs is 1. The quantitative estimate of drug-likeness (QED) is 0.917. The topological polar surface area (TPSA) is 45.2 Å². The Morgan fingerprint density at radius 3 is 2.64 bits per heavy atom. The van der Waals surface area contributed by atoms with Crippen molar-refractivity contribution >= 4 is 28.4 Å². The zero-order valence-corrected chi connectivity index (χ0v) is 15.3. The highest BCUT2D eigenvalue weighted by Gasteiger charge is 2.27. The molecule has 5 heteroatoms. The molecule has 1 aromatic carbocycles. The first kappa shape index (κ1) is 16.9. The molecule has 1 aromatic heterocycles. The Labute approximate surface area is 153 Å². The molecule has 2 fully saturated rings. The Hall–Kier alpha value is -1.59. The number of rotatable bonds is 3. The molecule has 2 aromatic rings. The van der Waals surface area contributed by atoms with E-state index in [4.69, 9.17) is 0 Å². The summed E-state index contributed by atoms with van der Waals surface area (Å²) in [6.45, 7) is 2.20. The number of hydrogen-bond donors (Lipinski definition) is 1. The third kappa shape index (κ3) is 3.82. The van der Waals surface area contributed by atoms with Gasteiger partial charge in [0.2, 0.25) is 0 Å². The Kier molecular flexibility index (Phi) is 5.22. The third-order valence-corrected chi connectivity index (χ3v) is 6.51. The van der Waals surface area contributed by atoms with Crippen LogP contribution in [-0.2, 0) is 0 Å². The number of likely N-dealkylation sites (tertiary alicyclic amines) is 1. The van der Waals surface area contributed by atoms with E-state index in [1.165, 1.54) is 24.3 Å². The monoisotopic (exact) mass is 355 g/mol. The smallest absolute Gasteiger partial charge is 0.270 e. The normalized spacial score (nSPS) is 20.6. The van der Waals surface area contributed by atoms with Crippen LogP contribution in [0.15, 0.2) is 36.5 Å². The maximum absolute atomic E-state index is 12.7. The van der Waals surface area contributed by atoms with Gasteiger partial charge >= 0.3 is 0 Å². The minimum atomic E-state index is -0.0377. The van der Waals surface area contributed by atoms with Crippen molar-refractivity contribution in [3.05, 3.63) is 42.2 Å². The summed E-state index contributed by atoms with van der Waals surface area (Å²) in [6.07, 6.45) is 6.45. The first-order valence-corrected chi connectivity index (χ1v) is 10.4. The summed E-state index contributed by atoms with van der Waals surface area (Å²) in [5, 5.41) is 5.21. The molecule has 4 rings (SSSR count). The van der Waals surface area contributed by atoms with Gasteiger partial charge in [0, 0.05) is 36.8 Å². The minimum absolute atomic E-state index is 0.0377. The van der Waals surface area contributed by atoms with E-state index in [2.05, 4.69) is 27.0 Å². The molecule has 0 saturated carbocycles. The maximum atomic E-state index is 12.7. The lowest BCUT2D eigenvalue weighted by atomic mass is 10.0. The van der Waals surface area contributed by atoms with Crippen molar-refractivity contribution in [1.29, 1.82) is 0 Å². The third-order valence-electron chi connectivity index (χ3n) is 5.46. The second-order valence-electron chi connectivity index (χ2n) is 7.01. The molecule has 3 heterocycles. The van der Waals surface area contributed by atoms with E-state index in [0.717, 1.165) is 42.7 Å². The fraction of sp³-hybridized carbons (Fsp3) is 0.500. The molecular formula is C20H25N3OS. The van der Waals surface area contributed by atoms with Gasteiger partial charge in [-0.15, -0.1) is 0 Å². The number of thioether (sulfide) groups is 1. The van der Waals surface area contributed by atoms with Crippen molar-refractivity contribution < 1.29 is 4.79 Å². The van der Waals surface area contributed by atoms with Crippen molar-refractivity contribution in [1.82, 2.24) is 15.2 Å². The van der Waals surface area contributed by atoms with Gasteiger partial charge in [-0.2, -0.15) is 11.8 Å². The van der Waals surface area contributed by atoms with Crippen molar-refractivity contribution in [2.75, 3.05) is 24.6 Å². The number of carbonyl (C=O) groups excluding carboxylic acids is 1. The van der Waals surface area contributed by atoms with E-state index in [0.29, 0.717) is 5.69 Å². The van der Waals surface area contributed by atoms with E-state index < -0.39 is 0 Å². The second kappa shape index (κ2) is 7.75. The zero-order valence-electron chi connectivity index (χ0n) is 14.5. The SMILES string of the molecule is O=C(NC1CCN(C2CCSCC2)CC1)c1nccc2ccccc12. The van der Waals surface area contributed by atoms with Crippen LogP contribution in [0.3, 0.4) is 0 Å². The van der Waals surface area contributed by atoms with E-state index in [1.807, 2.05) is 30.3 Å². The molecule has 0 spiro atoms. The van der Waals surface area contributed by atoms with Crippen LogP contribution in [0.1, 0.15) is 36.2 Å². The molecule has 25 heavy (non-hydrogen) atoms. The predicted molar refractivity (Wildman–Crippen MR) is 104 cm³/mol. The number of nitrogens with one attached hydrogen (secondary N) is 1. The number of piperidine rings is 1. The number of hydrogen-bond acceptors (Lipinski definition) is 4. The van der Waals surface area contributed by atoms with Gasteiger partial charge in [-0.05, 0) is 48.6 Å². The van der Waals surface area contributed by atoms with Gasteiger partial charge in [0.05, 0.1) is 0 Å². The fourth-order valence-electron chi connectivity index (χ4n) is 4.01. The average Bonchev–Trinajstić information content (AvgIpc) is 2.69. The lowest BCUT2D eigenvalue weighted by molar-refractivity contribution is 0.0883. The number of amides is 1. The van der Waals surface area contributed by atoms with Crippen LogP contribution < -0.4 is 5.32 Å². The highest BCUT2D eigenvalue weighted by Crippen LogP contribution is 2.25. The maximum Gasteiger partial charge on any atom is 0.270 e. The van der Waals surface area contributed by atoms with Gasteiger partial charge in [0.25, 0.3) is 5.91 Å². The summed E-state index contributed by atoms with van der Waals surface area (Å²) in [4.78, 5) is 19.7. The summed E-state index contributed by atoms with van der Waals surface area (Å²) in [6, 6.07) is 10.9. The van der Waals surface area contributed by atoms with Crippen LogP contribution in [0, 0.1) is 0 Å². The van der Waals surface area contributed by atoms with Crippen LogP contribution in [0.2, 0.25) is 0 Å². The van der Waals surface area contributed by atoms with Gasteiger partial charge in [0.1, 0.15) is 5.69 Å². The number of pyridine rings is 1. The molecular weight excluding hydrogens is 330 g/mol. The molecule has 0 radical (unpaired) electrons. The first-order chi connectivity index (χ1) is 12.3. The molecule has 132 valence electrons. The van der Waals surface area contributed by atoms with Crippen LogP contribution in [0.25, 0.3) is 10.8 Å². The molecule has 0 aliphatic carbocycles. The van der Waals surface area contributed by atoms with E-state index >= 15 is 0 Å². The number of nitrogens with zero attached hydrogens (tertiary/aromatic N) is 2. The number of aromatic nitrogens is 1. The largest absolute Gasteiger partial charge is 0.348 e. The van der Waals surface area contributed by atoms with Crippen LogP contribution in [0.5, 0.6) is 0 Å². The molecule has 2 saturated heterocycles. The molecule has 1 N–H and O–H groups in total. The molecule has 2 aliphatic heterocycles. The van der Waals surface area contributed by atoms with Crippen molar-refractivity contribution in [2.24, 2.45) is 0 Å². The van der Waals surface area contributed by atoms with Gasteiger partial charge in [-0.3, -0.25) is 9.78 Å². The highest BCUT2D eigenvalue weighted by molar-refractivity contribution is 7.99. The van der Waals surface area contributed by atoms with Crippen molar-refractivity contribution in [3.8, 4) is 0 Å². The summed E-state index contributed by atoms with van der Waals surface area (Å²) in [5.41, 5.74) is 0.546. The molecule has 2 aliphatic rings. The Balaban J connectivity index is 1.37. The standard InChI is InChI=1S/C20H25N3OS/c24-20(19-18-4-2-1-3-15(18)5-10-21-19)22-16-6-11-23(12-7-16)17-8-13-25-14-9-17/h1-5,10,16-17H,6-9,11-14H2,(H,22,24). The van der Waals surface area contributed by atoms with Gasteiger partial charge in [-0.25, -0.2) is 0 Å². The fourth-order valence-corrected chi connectivity index (χ4v) is 5.10. The van der Waals surface area contributed by atoms with Crippen LogP contribution in [0.4, 0.5) is 0 Å². The van der Waals surface area contributed by atoms with Gasteiger partial charge in [0.15, 0.2) is 0 Å². The van der Waals surface area contributed by atoms with Gasteiger partial charge in [-0.1, -0.05) is 24.3 Å². The molecule has 0 bridgehead atoms. The Bertz CT molecular complexity index is 731. The van der Waals surface area contributed by atoms with E-state index in [1.54, 1.807) is 6.20 Å². The second-order valence-corrected chi connectivity index (χ2v) is 8.23. The summed E-state index contributed by atoms with van der Waals surface area (Å²) in [7, 11) is 0. The number of benzene rings is 1. The summed E-state index contributed by atoms with van der Waals surface area (Å²) in [5.74, 6) is 2.56. The van der Waals surface area contributed by atoms with E-state index in [-0.39, 0.29) is 11.9 Å². The summed E-state index contributed by atoms with van der Waals surface area (Å²) >= 11 is 2.08. The van der Waals surface area contributed by atoms with E-state index in [9.17, 15) is 4.79 Å². The lowest BCUT2D eigenvalue weighted by Crippen LogP contribution is -2.48. The number of carbonyl (C=O) groups is 1. The lowest BCUT2D eigenvalue weighted by Gasteiger charge is -2.39. The predicted octanol–water partition coefficient (Wildman–Crippen LogP) is 3.32. The first-order valence-electron chi connectivity index (χ1n) is 9.27. The molecule has 0 atom stereocenters. The minimum Gasteiger partial charge on any atom is -0.348 e. The average molecular weight is 356 g/mol. The van der Waals surface area contributed by atoms with Crippen LogP contribution >= 0.6 is 11.8 Å².